The number of nitrogens with one attached hydrogen (secondary N) is 1. The number of Topliss-reactive ketones (excluding diaryl/α,β-unsaturated/α-hetero) is 1. The average Bonchev–Trinajstić information content (AvgIpc) is 2.85. The molecule has 3 heteroatoms. The van der Waals surface area contributed by atoms with Gasteiger partial charge in [0.2, 0.25) is 0 Å². The summed E-state index contributed by atoms with van der Waals surface area (Å²) in [7, 11) is 0. The highest BCUT2D eigenvalue weighted by atomic mass is 16.3. The summed E-state index contributed by atoms with van der Waals surface area (Å²) in [5, 5.41) is 12.7. The van der Waals surface area contributed by atoms with E-state index in [0.717, 1.165) is 29.8 Å². The van der Waals surface area contributed by atoms with Crippen molar-refractivity contribution in [3.8, 4) is 5.75 Å². The molecule has 3 nitrogen and oxygen atoms in total. The van der Waals surface area contributed by atoms with Crippen LogP contribution in [0.15, 0.2) is 42.5 Å². The minimum atomic E-state index is 0.0714. The maximum Gasteiger partial charge on any atom is 0.167 e. The predicted octanol–water partition coefficient (Wildman–Crippen LogP) is 2.79. The topological polar surface area (TPSA) is 49.3 Å². The number of phenols is 1. The van der Waals surface area contributed by atoms with Crippen molar-refractivity contribution in [2.45, 2.75) is 12.8 Å². The summed E-state index contributed by atoms with van der Waals surface area (Å²) in [6.07, 6.45) is 1.34. The number of phenolic OH excluding ortho intramolecular Hbond substituents is 1. The summed E-state index contributed by atoms with van der Waals surface area (Å²) in [5.41, 5.74) is 3.89. The van der Waals surface area contributed by atoms with Gasteiger partial charge in [-0.25, -0.2) is 0 Å². The average molecular weight is 253 g/mol. The highest BCUT2D eigenvalue weighted by molar-refractivity contribution is 5.98. The van der Waals surface area contributed by atoms with Gasteiger partial charge < -0.3 is 10.4 Å². The largest absolute Gasteiger partial charge is 0.508 e. The molecule has 2 aromatic rings. The number of rotatable bonds is 3. The standard InChI is InChI=1S/C16H15NO2/c18-14-3-1-2-11(8-14)9-16(19)13-5-4-12-6-7-17-15(12)10-13/h1-5,8,10,17-18H,6-7,9H2. The molecule has 1 heterocycles. The fourth-order valence-corrected chi connectivity index (χ4v) is 2.42. The maximum absolute atomic E-state index is 12.2. The number of hydrogen-bond donors (Lipinski definition) is 2. The first kappa shape index (κ1) is 11.8. The van der Waals surface area contributed by atoms with E-state index in [1.165, 1.54) is 5.56 Å². The minimum absolute atomic E-state index is 0.0714. The van der Waals surface area contributed by atoms with E-state index in [0.29, 0.717) is 6.42 Å². The van der Waals surface area contributed by atoms with Crippen molar-refractivity contribution in [3.63, 3.8) is 0 Å². The van der Waals surface area contributed by atoms with Crippen molar-refractivity contribution in [3.05, 3.63) is 59.2 Å². The number of benzene rings is 2. The van der Waals surface area contributed by atoms with Gasteiger partial charge in [-0.05, 0) is 35.7 Å². The second kappa shape index (κ2) is 4.76. The molecule has 0 aromatic heterocycles. The van der Waals surface area contributed by atoms with E-state index in [2.05, 4.69) is 5.32 Å². The van der Waals surface area contributed by atoms with Gasteiger partial charge in [0.25, 0.3) is 0 Å². The summed E-state index contributed by atoms with van der Waals surface area (Å²) in [6.45, 7) is 0.944. The van der Waals surface area contributed by atoms with Gasteiger partial charge in [0.15, 0.2) is 5.78 Å². The normalized spacial score (nSPS) is 12.8. The Hall–Kier alpha value is -2.29. The van der Waals surface area contributed by atoms with Crippen LogP contribution >= 0.6 is 0 Å². The molecular weight excluding hydrogens is 238 g/mol. The summed E-state index contributed by atoms with van der Waals surface area (Å²) >= 11 is 0. The van der Waals surface area contributed by atoms with E-state index in [1.807, 2.05) is 24.3 Å². The zero-order chi connectivity index (χ0) is 13.2. The van der Waals surface area contributed by atoms with Crippen LogP contribution in [-0.4, -0.2) is 17.4 Å². The molecule has 0 amide bonds. The van der Waals surface area contributed by atoms with Crippen LogP contribution in [0.25, 0.3) is 0 Å². The lowest BCUT2D eigenvalue weighted by molar-refractivity contribution is 0.0993. The van der Waals surface area contributed by atoms with Gasteiger partial charge in [0, 0.05) is 24.2 Å². The third-order valence-electron chi connectivity index (χ3n) is 3.42. The lowest BCUT2D eigenvalue weighted by atomic mass is 10.0. The molecule has 96 valence electrons. The van der Waals surface area contributed by atoms with E-state index in [4.69, 9.17) is 0 Å². The molecule has 0 fully saturated rings. The fourth-order valence-electron chi connectivity index (χ4n) is 2.42. The lowest BCUT2D eigenvalue weighted by Gasteiger charge is -2.05. The van der Waals surface area contributed by atoms with E-state index >= 15 is 0 Å². The molecule has 0 unspecified atom stereocenters. The van der Waals surface area contributed by atoms with Crippen molar-refractivity contribution in [1.29, 1.82) is 0 Å². The number of carbonyl (C=O) groups is 1. The molecule has 0 saturated carbocycles. The van der Waals surface area contributed by atoms with Gasteiger partial charge in [-0.15, -0.1) is 0 Å². The summed E-state index contributed by atoms with van der Waals surface area (Å²) in [5.74, 6) is 0.267. The van der Waals surface area contributed by atoms with Gasteiger partial charge in [-0.1, -0.05) is 24.3 Å². The molecule has 2 aromatic carbocycles. The third-order valence-corrected chi connectivity index (χ3v) is 3.42. The van der Waals surface area contributed by atoms with E-state index in [1.54, 1.807) is 18.2 Å². The van der Waals surface area contributed by atoms with Crippen LogP contribution in [0, 0.1) is 0 Å². The molecule has 0 aliphatic carbocycles. The van der Waals surface area contributed by atoms with Crippen LogP contribution in [0.5, 0.6) is 5.75 Å². The molecule has 3 rings (SSSR count). The highest BCUT2D eigenvalue weighted by Crippen LogP contribution is 2.24. The Balaban J connectivity index is 1.81. The smallest absolute Gasteiger partial charge is 0.167 e. The van der Waals surface area contributed by atoms with Gasteiger partial charge in [0.05, 0.1) is 0 Å². The molecular formula is C16H15NO2. The van der Waals surface area contributed by atoms with Crippen LogP contribution in [-0.2, 0) is 12.8 Å². The molecule has 0 radical (unpaired) electrons. The molecule has 19 heavy (non-hydrogen) atoms. The lowest BCUT2D eigenvalue weighted by Crippen LogP contribution is -2.04. The maximum atomic E-state index is 12.2. The highest BCUT2D eigenvalue weighted by Gasteiger charge is 2.13. The number of carbonyl (C=O) groups excluding carboxylic acids is 1. The third kappa shape index (κ3) is 2.45. The summed E-state index contributed by atoms with van der Waals surface area (Å²) < 4.78 is 0. The number of fused-ring (bicyclic) bond motifs is 1. The summed E-state index contributed by atoms with van der Waals surface area (Å²) in [4.78, 5) is 12.2. The van der Waals surface area contributed by atoms with Crippen molar-refractivity contribution < 1.29 is 9.90 Å². The fraction of sp³-hybridized carbons (Fsp3) is 0.188. The zero-order valence-electron chi connectivity index (χ0n) is 10.5. The molecule has 0 saturated heterocycles. The van der Waals surface area contributed by atoms with Crippen LogP contribution in [0.4, 0.5) is 5.69 Å². The second-order valence-electron chi connectivity index (χ2n) is 4.82. The van der Waals surface area contributed by atoms with Crippen LogP contribution < -0.4 is 5.32 Å². The monoisotopic (exact) mass is 253 g/mol. The molecule has 0 atom stereocenters. The Morgan fingerprint density at radius 2 is 2.11 bits per heavy atom. The van der Waals surface area contributed by atoms with E-state index in [9.17, 15) is 9.90 Å². The van der Waals surface area contributed by atoms with Crippen molar-refractivity contribution in [1.82, 2.24) is 0 Å². The van der Waals surface area contributed by atoms with Crippen molar-refractivity contribution in [2.75, 3.05) is 11.9 Å². The Morgan fingerprint density at radius 3 is 2.95 bits per heavy atom. The SMILES string of the molecule is O=C(Cc1cccc(O)c1)c1ccc2c(c1)NCC2. The number of anilines is 1. The van der Waals surface area contributed by atoms with Crippen molar-refractivity contribution >= 4 is 11.5 Å². The van der Waals surface area contributed by atoms with Gasteiger partial charge in [-0.3, -0.25) is 4.79 Å². The van der Waals surface area contributed by atoms with Crippen LogP contribution in [0.2, 0.25) is 0 Å². The first-order valence-electron chi connectivity index (χ1n) is 6.40. The van der Waals surface area contributed by atoms with E-state index in [-0.39, 0.29) is 11.5 Å². The number of aromatic hydroxyl groups is 1. The Bertz CT molecular complexity index is 634. The van der Waals surface area contributed by atoms with Gasteiger partial charge in [0.1, 0.15) is 5.75 Å². The van der Waals surface area contributed by atoms with Crippen molar-refractivity contribution in [2.24, 2.45) is 0 Å². The Morgan fingerprint density at radius 1 is 1.21 bits per heavy atom. The first-order chi connectivity index (χ1) is 9.22. The Labute approximate surface area is 111 Å². The zero-order valence-corrected chi connectivity index (χ0v) is 10.5. The van der Waals surface area contributed by atoms with Crippen LogP contribution in [0.1, 0.15) is 21.5 Å². The molecule has 2 N–H and O–H groups in total. The number of ketones is 1. The van der Waals surface area contributed by atoms with Gasteiger partial charge in [-0.2, -0.15) is 0 Å². The van der Waals surface area contributed by atoms with Gasteiger partial charge >= 0.3 is 0 Å². The van der Waals surface area contributed by atoms with Crippen LogP contribution in [0.3, 0.4) is 0 Å². The molecule has 1 aliphatic rings. The summed E-state index contributed by atoms with van der Waals surface area (Å²) in [6, 6.07) is 12.7. The first-order valence-corrected chi connectivity index (χ1v) is 6.40. The molecule has 1 aliphatic heterocycles. The Kier molecular flexibility index (Phi) is 2.95. The number of hydrogen-bond acceptors (Lipinski definition) is 3. The minimum Gasteiger partial charge on any atom is -0.508 e. The predicted molar refractivity (Wildman–Crippen MR) is 74.8 cm³/mol. The second-order valence-corrected chi connectivity index (χ2v) is 4.82. The molecule has 0 bridgehead atoms. The quantitative estimate of drug-likeness (QED) is 0.827. The molecule has 0 spiro atoms. The van der Waals surface area contributed by atoms with E-state index < -0.39 is 0 Å².